The lowest BCUT2D eigenvalue weighted by atomic mass is 10.2. The molecule has 0 unspecified atom stereocenters. The third kappa shape index (κ3) is 4.05. The molecule has 0 atom stereocenters. The Kier molecular flexibility index (Phi) is 5.17. The highest BCUT2D eigenvalue weighted by molar-refractivity contribution is 9.10. The van der Waals surface area contributed by atoms with Crippen molar-refractivity contribution in [2.24, 2.45) is 0 Å². The molecule has 18 heavy (non-hydrogen) atoms. The summed E-state index contributed by atoms with van der Waals surface area (Å²) in [6.45, 7) is 5.16. The molecule has 0 radical (unpaired) electrons. The molecule has 0 spiro atoms. The van der Waals surface area contributed by atoms with Crippen molar-refractivity contribution in [3.8, 4) is 0 Å². The normalized spacial score (nSPS) is 11.1. The van der Waals surface area contributed by atoms with Gasteiger partial charge in [-0.3, -0.25) is 0 Å². The smallest absolute Gasteiger partial charge is 0.178 e. The average Bonchev–Trinajstić information content (AvgIpc) is 2.82. The summed E-state index contributed by atoms with van der Waals surface area (Å²) in [7, 11) is 0. The Morgan fingerprint density at radius 3 is 2.94 bits per heavy atom. The summed E-state index contributed by atoms with van der Waals surface area (Å²) in [4.78, 5) is 1.23. The number of nitrogens with zero attached hydrogens (tertiary/aromatic N) is 2. The van der Waals surface area contributed by atoms with E-state index in [1.165, 1.54) is 10.5 Å². The van der Waals surface area contributed by atoms with Crippen molar-refractivity contribution < 1.29 is 0 Å². The van der Waals surface area contributed by atoms with Crippen LogP contribution in [0.5, 0.6) is 0 Å². The van der Waals surface area contributed by atoms with E-state index in [1.54, 1.807) is 28.6 Å². The van der Waals surface area contributed by atoms with Crippen LogP contribution in [0.2, 0.25) is 0 Å². The summed E-state index contributed by atoms with van der Waals surface area (Å²) in [5.74, 6) is 0. The molecule has 2 rings (SSSR count). The van der Waals surface area contributed by atoms with Crippen LogP contribution in [0, 0.1) is 0 Å². The summed E-state index contributed by atoms with van der Waals surface area (Å²) in [5, 5.41) is 11.4. The SMILES string of the molecule is CC(C)NCc1cc(Br)ccc1Sc1nncs1. The van der Waals surface area contributed by atoms with E-state index in [2.05, 4.69) is 63.5 Å². The summed E-state index contributed by atoms with van der Waals surface area (Å²) in [6.07, 6.45) is 0. The van der Waals surface area contributed by atoms with Gasteiger partial charge in [0.1, 0.15) is 5.51 Å². The van der Waals surface area contributed by atoms with E-state index in [9.17, 15) is 0 Å². The maximum absolute atomic E-state index is 4.07. The summed E-state index contributed by atoms with van der Waals surface area (Å²) < 4.78 is 2.08. The zero-order valence-corrected chi connectivity index (χ0v) is 13.4. The minimum Gasteiger partial charge on any atom is -0.310 e. The average molecular weight is 344 g/mol. The molecule has 2 aromatic rings. The molecule has 0 saturated carbocycles. The van der Waals surface area contributed by atoms with E-state index in [4.69, 9.17) is 0 Å². The van der Waals surface area contributed by atoms with Gasteiger partial charge in [-0.05, 0) is 23.8 Å². The lowest BCUT2D eigenvalue weighted by Crippen LogP contribution is -2.22. The van der Waals surface area contributed by atoms with Gasteiger partial charge >= 0.3 is 0 Å². The van der Waals surface area contributed by atoms with Crippen molar-refractivity contribution in [1.82, 2.24) is 15.5 Å². The van der Waals surface area contributed by atoms with Crippen LogP contribution < -0.4 is 5.32 Å². The molecule has 1 aromatic carbocycles. The molecule has 0 aliphatic carbocycles. The molecule has 0 bridgehead atoms. The second-order valence-corrected chi connectivity index (χ2v) is 7.13. The molecule has 3 nitrogen and oxygen atoms in total. The second-order valence-electron chi connectivity index (χ2n) is 4.09. The predicted octanol–water partition coefficient (Wildman–Crippen LogP) is 3.95. The number of nitrogens with one attached hydrogen (secondary N) is 1. The van der Waals surface area contributed by atoms with Crippen LogP contribution in [0.3, 0.4) is 0 Å². The quantitative estimate of drug-likeness (QED) is 0.891. The Balaban J connectivity index is 2.17. The largest absolute Gasteiger partial charge is 0.310 e. The highest BCUT2D eigenvalue weighted by Crippen LogP contribution is 2.32. The zero-order chi connectivity index (χ0) is 13.0. The van der Waals surface area contributed by atoms with Crippen molar-refractivity contribution in [3.05, 3.63) is 33.7 Å². The molecular formula is C12H14BrN3S2. The molecule has 0 aliphatic rings. The minimum absolute atomic E-state index is 0.475. The fraction of sp³-hybridized carbons (Fsp3) is 0.333. The van der Waals surface area contributed by atoms with Gasteiger partial charge in [0.2, 0.25) is 0 Å². The second kappa shape index (κ2) is 6.65. The number of benzene rings is 1. The van der Waals surface area contributed by atoms with E-state index in [1.807, 2.05) is 0 Å². The Bertz CT molecular complexity index is 500. The van der Waals surface area contributed by atoms with Gasteiger partial charge in [0.25, 0.3) is 0 Å². The van der Waals surface area contributed by atoms with Crippen molar-refractivity contribution in [1.29, 1.82) is 0 Å². The van der Waals surface area contributed by atoms with Crippen molar-refractivity contribution in [2.75, 3.05) is 0 Å². The molecule has 0 fully saturated rings. The summed E-state index contributed by atoms with van der Waals surface area (Å²) >= 11 is 6.75. The summed E-state index contributed by atoms with van der Waals surface area (Å²) in [5.41, 5.74) is 3.03. The zero-order valence-electron chi connectivity index (χ0n) is 10.2. The maximum atomic E-state index is 4.07. The Hall–Kier alpha value is -0.430. The van der Waals surface area contributed by atoms with E-state index >= 15 is 0 Å². The van der Waals surface area contributed by atoms with Crippen LogP contribution in [0.4, 0.5) is 0 Å². The van der Waals surface area contributed by atoms with E-state index in [0.29, 0.717) is 6.04 Å². The predicted molar refractivity (Wildman–Crippen MR) is 80.1 cm³/mol. The minimum atomic E-state index is 0.475. The first-order valence-electron chi connectivity index (χ1n) is 5.61. The van der Waals surface area contributed by atoms with Crippen LogP contribution in [0.25, 0.3) is 0 Å². The highest BCUT2D eigenvalue weighted by Gasteiger charge is 2.08. The van der Waals surface area contributed by atoms with Gasteiger partial charge < -0.3 is 5.32 Å². The van der Waals surface area contributed by atoms with Gasteiger partial charge in [0, 0.05) is 22.0 Å². The first-order valence-corrected chi connectivity index (χ1v) is 8.10. The Morgan fingerprint density at radius 1 is 1.44 bits per heavy atom. The molecule has 0 saturated heterocycles. The Labute approximate surface area is 124 Å². The highest BCUT2D eigenvalue weighted by atomic mass is 79.9. The Morgan fingerprint density at radius 2 is 2.28 bits per heavy atom. The molecular weight excluding hydrogens is 330 g/mol. The van der Waals surface area contributed by atoms with Gasteiger partial charge in [0.05, 0.1) is 0 Å². The third-order valence-electron chi connectivity index (χ3n) is 2.26. The molecule has 1 aromatic heterocycles. The standard InChI is InChI=1S/C12H14BrN3S2/c1-8(2)14-6-9-5-10(13)3-4-11(9)18-12-16-15-7-17-12/h3-5,7-8,14H,6H2,1-2H3. The molecule has 6 heteroatoms. The first-order chi connectivity index (χ1) is 8.65. The first kappa shape index (κ1) is 14.0. The maximum Gasteiger partial charge on any atom is 0.178 e. The lowest BCUT2D eigenvalue weighted by Gasteiger charge is -2.12. The van der Waals surface area contributed by atoms with Crippen molar-refractivity contribution in [2.45, 2.75) is 35.7 Å². The summed E-state index contributed by atoms with van der Waals surface area (Å²) in [6, 6.07) is 6.80. The van der Waals surface area contributed by atoms with Crippen LogP contribution in [0.1, 0.15) is 19.4 Å². The number of hydrogen-bond acceptors (Lipinski definition) is 5. The topological polar surface area (TPSA) is 37.8 Å². The fourth-order valence-electron chi connectivity index (χ4n) is 1.40. The molecule has 0 aliphatic heterocycles. The van der Waals surface area contributed by atoms with Crippen molar-refractivity contribution >= 4 is 39.0 Å². The van der Waals surface area contributed by atoms with Gasteiger partial charge in [0.15, 0.2) is 4.34 Å². The lowest BCUT2D eigenvalue weighted by molar-refractivity contribution is 0.584. The molecule has 1 N–H and O–H groups in total. The third-order valence-corrected chi connectivity index (χ3v) is 4.65. The number of halogens is 1. The van der Waals surface area contributed by atoms with Gasteiger partial charge in [-0.15, -0.1) is 10.2 Å². The van der Waals surface area contributed by atoms with Gasteiger partial charge in [-0.1, -0.05) is 52.9 Å². The number of hydrogen-bond donors (Lipinski definition) is 1. The number of rotatable bonds is 5. The number of aromatic nitrogens is 2. The van der Waals surface area contributed by atoms with Crippen LogP contribution in [-0.2, 0) is 6.54 Å². The van der Waals surface area contributed by atoms with E-state index in [-0.39, 0.29) is 0 Å². The van der Waals surface area contributed by atoms with Crippen molar-refractivity contribution in [3.63, 3.8) is 0 Å². The van der Waals surface area contributed by atoms with Gasteiger partial charge in [-0.2, -0.15) is 0 Å². The van der Waals surface area contributed by atoms with Gasteiger partial charge in [-0.25, -0.2) is 0 Å². The van der Waals surface area contributed by atoms with Crippen LogP contribution >= 0.6 is 39.0 Å². The molecule has 96 valence electrons. The molecule has 0 amide bonds. The van der Waals surface area contributed by atoms with Crippen LogP contribution in [-0.4, -0.2) is 16.2 Å². The fourth-order valence-corrected chi connectivity index (χ4v) is 3.35. The molecule has 1 heterocycles. The van der Waals surface area contributed by atoms with E-state index < -0.39 is 0 Å². The van der Waals surface area contributed by atoms with Crippen LogP contribution in [0.15, 0.2) is 37.4 Å². The van der Waals surface area contributed by atoms with E-state index in [0.717, 1.165) is 15.4 Å². The monoisotopic (exact) mass is 343 g/mol.